The molecule has 0 unspecified atom stereocenters. The van der Waals surface area contributed by atoms with E-state index in [1.54, 1.807) is 24.3 Å². The van der Waals surface area contributed by atoms with E-state index in [0.29, 0.717) is 16.9 Å². The van der Waals surface area contributed by atoms with E-state index in [1.165, 1.54) is 38.3 Å². The highest BCUT2D eigenvalue weighted by atomic mass is 19.1. The zero-order valence-electron chi connectivity index (χ0n) is 15.1. The summed E-state index contributed by atoms with van der Waals surface area (Å²) in [6.07, 6.45) is 0. The van der Waals surface area contributed by atoms with Crippen molar-refractivity contribution in [1.82, 2.24) is 9.78 Å². The molecule has 0 fully saturated rings. The third-order valence-electron chi connectivity index (χ3n) is 3.95. The van der Waals surface area contributed by atoms with Gasteiger partial charge < -0.3 is 10.1 Å². The number of hydrogen-bond acceptors (Lipinski definition) is 5. The Morgan fingerprint density at radius 1 is 1.07 bits per heavy atom. The molecule has 8 heteroatoms. The molecular formula is C20H16FN3O4. The van der Waals surface area contributed by atoms with Crippen LogP contribution in [-0.2, 0) is 0 Å². The number of amides is 1. The van der Waals surface area contributed by atoms with E-state index in [9.17, 15) is 18.8 Å². The van der Waals surface area contributed by atoms with Crippen LogP contribution in [0.1, 0.15) is 27.8 Å². The average molecular weight is 381 g/mol. The molecule has 0 aliphatic rings. The summed E-state index contributed by atoms with van der Waals surface area (Å²) >= 11 is 0. The molecule has 0 aliphatic heterocycles. The molecule has 0 aliphatic carbocycles. The smallest absolute Gasteiger partial charge is 0.279 e. The van der Waals surface area contributed by atoms with E-state index in [1.807, 2.05) is 0 Å². The van der Waals surface area contributed by atoms with Crippen molar-refractivity contribution in [2.75, 3.05) is 12.4 Å². The second kappa shape index (κ2) is 7.83. The van der Waals surface area contributed by atoms with Gasteiger partial charge in [0.05, 0.1) is 18.9 Å². The van der Waals surface area contributed by atoms with Gasteiger partial charge in [0.15, 0.2) is 17.2 Å². The van der Waals surface area contributed by atoms with Gasteiger partial charge in [-0.1, -0.05) is 0 Å². The topological polar surface area (TPSA) is 90.3 Å². The van der Waals surface area contributed by atoms with Crippen LogP contribution in [0.4, 0.5) is 10.1 Å². The molecule has 0 bridgehead atoms. The largest absolute Gasteiger partial charge is 0.494 e. The molecule has 1 N–H and O–H groups in total. The lowest BCUT2D eigenvalue weighted by Gasteiger charge is -2.11. The first-order valence-corrected chi connectivity index (χ1v) is 8.25. The van der Waals surface area contributed by atoms with Gasteiger partial charge >= 0.3 is 0 Å². The Bertz CT molecular complexity index is 1090. The standard InChI is InChI=1S/C20H16FN3O4/c1-12(25)13-3-7-15(8-4-13)22-20(27)19-17(28-2)11-18(26)24(23-19)16-9-5-14(21)6-10-16/h3-11H,1-2H3,(H,22,27). The van der Waals surface area contributed by atoms with E-state index in [4.69, 9.17) is 4.74 Å². The second-order valence-electron chi connectivity index (χ2n) is 5.88. The monoisotopic (exact) mass is 381 g/mol. The number of carbonyl (C=O) groups excluding carboxylic acids is 2. The minimum Gasteiger partial charge on any atom is -0.494 e. The van der Waals surface area contributed by atoms with Crippen LogP contribution in [0.5, 0.6) is 5.75 Å². The summed E-state index contributed by atoms with van der Waals surface area (Å²) in [6, 6.07) is 12.6. The number of rotatable bonds is 5. The highest BCUT2D eigenvalue weighted by Gasteiger charge is 2.18. The van der Waals surface area contributed by atoms with E-state index in [2.05, 4.69) is 10.4 Å². The molecule has 0 saturated heterocycles. The first kappa shape index (κ1) is 19.0. The first-order valence-electron chi connectivity index (χ1n) is 8.25. The van der Waals surface area contributed by atoms with E-state index in [0.717, 1.165) is 10.7 Å². The molecule has 1 amide bonds. The molecule has 0 spiro atoms. The molecule has 3 aromatic rings. The number of ketones is 1. The molecule has 0 atom stereocenters. The van der Waals surface area contributed by atoms with Gasteiger partial charge in [0, 0.05) is 11.3 Å². The molecule has 7 nitrogen and oxygen atoms in total. The number of carbonyl (C=O) groups is 2. The van der Waals surface area contributed by atoms with Crippen LogP contribution in [0.25, 0.3) is 5.69 Å². The number of aromatic nitrogens is 2. The fourth-order valence-corrected chi connectivity index (χ4v) is 2.50. The third kappa shape index (κ3) is 3.96. The summed E-state index contributed by atoms with van der Waals surface area (Å²) in [4.78, 5) is 36.3. The maximum Gasteiger partial charge on any atom is 0.279 e. The lowest BCUT2D eigenvalue weighted by atomic mass is 10.1. The Morgan fingerprint density at radius 3 is 2.29 bits per heavy atom. The molecule has 1 aromatic heterocycles. The lowest BCUT2D eigenvalue weighted by Crippen LogP contribution is -2.26. The van der Waals surface area contributed by atoms with Gasteiger partial charge in [-0.25, -0.2) is 4.39 Å². The number of hydrogen-bond donors (Lipinski definition) is 1. The van der Waals surface area contributed by atoms with Crippen molar-refractivity contribution >= 4 is 17.4 Å². The lowest BCUT2D eigenvalue weighted by molar-refractivity contribution is 0.101. The molecule has 28 heavy (non-hydrogen) atoms. The van der Waals surface area contributed by atoms with Crippen LogP contribution in [0.15, 0.2) is 59.4 Å². The Hall–Kier alpha value is -3.81. The molecule has 142 valence electrons. The average Bonchev–Trinajstić information content (AvgIpc) is 2.68. The van der Waals surface area contributed by atoms with Crippen LogP contribution in [-0.4, -0.2) is 28.6 Å². The highest BCUT2D eigenvalue weighted by Crippen LogP contribution is 2.17. The summed E-state index contributed by atoms with van der Waals surface area (Å²) in [5.41, 5.74) is 0.596. The minimum absolute atomic E-state index is 0.00113. The number of Topliss-reactive ketones (excluding diaryl/α,β-unsaturated/α-hetero) is 1. The number of nitrogens with zero attached hydrogens (tertiary/aromatic N) is 2. The zero-order valence-corrected chi connectivity index (χ0v) is 15.1. The maximum absolute atomic E-state index is 13.1. The van der Waals surface area contributed by atoms with Gasteiger partial charge in [0.2, 0.25) is 0 Å². The van der Waals surface area contributed by atoms with Crippen LogP contribution < -0.4 is 15.6 Å². The van der Waals surface area contributed by atoms with Gasteiger partial charge in [0.25, 0.3) is 11.5 Å². The SMILES string of the molecule is COc1cc(=O)n(-c2ccc(F)cc2)nc1C(=O)Nc1ccc(C(C)=O)cc1. The summed E-state index contributed by atoms with van der Waals surface area (Å²) < 4.78 is 19.2. The fraction of sp³-hybridized carbons (Fsp3) is 0.100. The van der Waals surface area contributed by atoms with Crippen molar-refractivity contribution < 1.29 is 18.7 Å². The van der Waals surface area contributed by atoms with Gasteiger partial charge in [-0.3, -0.25) is 14.4 Å². The summed E-state index contributed by atoms with van der Waals surface area (Å²) in [5.74, 6) is -1.16. The number of methoxy groups -OCH3 is 1. The summed E-state index contributed by atoms with van der Waals surface area (Å²) in [6.45, 7) is 1.45. The molecular weight excluding hydrogens is 365 g/mol. The van der Waals surface area contributed by atoms with E-state index >= 15 is 0 Å². The minimum atomic E-state index is -0.608. The molecule has 0 radical (unpaired) electrons. The number of nitrogens with one attached hydrogen (secondary N) is 1. The Labute approximate surface area is 159 Å². The van der Waals surface area contributed by atoms with Crippen LogP contribution >= 0.6 is 0 Å². The predicted molar refractivity (Wildman–Crippen MR) is 101 cm³/mol. The molecule has 0 saturated carbocycles. The number of benzene rings is 2. The zero-order chi connectivity index (χ0) is 20.3. The second-order valence-corrected chi connectivity index (χ2v) is 5.88. The van der Waals surface area contributed by atoms with Crippen molar-refractivity contribution in [3.63, 3.8) is 0 Å². The van der Waals surface area contributed by atoms with E-state index < -0.39 is 17.3 Å². The predicted octanol–water partition coefficient (Wildman–Crippen LogP) is 2.84. The Balaban J connectivity index is 1.96. The Morgan fingerprint density at radius 2 is 1.71 bits per heavy atom. The molecule has 2 aromatic carbocycles. The van der Waals surface area contributed by atoms with Crippen molar-refractivity contribution in [2.24, 2.45) is 0 Å². The van der Waals surface area contributed by atoms with Crippen LogP contribution in [0.2, 0.25) is 0 Å². The summed E-state index contributed by atoms with van der Waals surface area (Å²) in [5, 5.41) is 6.71. The van der Waals surface area contributed by atoms with Crippen LogP contribution in [0, 0.1) is 5.82 Å². The first-order chi connectivity index (χ1) is 13.4. The van der Waals surface area contributed by atoms with Crippen molar-refractivity contribution in [3.05, 3.63) is 82.0 Å². The van der Waals surface area contributed by atoms with Gasteiger partial charge in [-0.05, 0) is 55.5 Å². The van der Waals surface area contributed by atoms with Crippen molar-refractivity contribution in [1.29, 1.82) is 0 Å². The van der Waals surface area contributed by atoms with Crippen molar-refractivity contribution in [2.45, 2.75) is 6.92 Å². The normalized spacial score (nSPS) is 10.4. The van der Waals surface area contributed by atoms with Crippen molar-refractivity contribution in [3.8, 4) is 11.4 Å². The highest BCUT2D eigenvalue weighted by molar-refractivity contribution is 6.05. The number of anilines is 1. The van der Waals surface area contributed by atoms with Gasteiger partial charge in [-0.2, -0.15) is 9.78 Å². The van der Waals surface area contributed by atoms with E-state index in [-0.39, 0.29) is 17.2 Å². The van der Waals surface area contributed by atoms with Gasteiger partial charge in [-0.15, -0.1) is 0 Å². The maximum atomic E-state index is 13.1. The van der Waals surface area contributed by atoms with Crippen LogP contribution in [0.3, 0.4) is 0 Å². The Kier molecular flexibility index (Phi) is 5.30. The third-order valence-corrected chi connectivity index (χ3v) is 3.95. The summed E-state index contributed by atoms with van der Waals surface area (Å²) in [7, 11) is 1.32. The molecule has 1 heterocycles. The fourth-order valence-electron chi connectivity index (χ4n) is 2.50. The van der Waals surface area contributed by atoms with Gasteiger partial charge in [0.1, 0.15) is 5.82 Å². The quantitative estimate of drug-likeness (QED) is 0.687. The molecule has 3 rings (SSSR count). The number of halogens is 1. The number of ether oxygens (including phenoxy) is 1.